The molecule has 7 nitrogen and oxygen atoms in total. The Kier molecular flexibility index (Phi) is 7.95. The molecule has 1 heterocycles. The molecule has 2 aromatic rings. The molecule has 1 aliphatic heterocycles. The van der Waals surface area contributed by atoms with Gasteiger partial charge in [0.1, 0.15) is 6.04 Å². The number of aliphatic carboxylic acids is 1. The highest BCUT2D eigenvalue weighted by Crippen LogP contribution is 2.39. The maximum absolute atomic E-state index is 12.7. The normalized spacial score (nSPS) is 16.6. The van der Waals surface area contributed by atoms with Crippen molar-refractivity contribution >= 4 is 40.1 Å². The minimum absolute atomic E-state index is 0.0257. The summed E-state index contributed by atoms with van der Waals surface area (Å²) in [5.74, 6) is -1.79. The summed E-state index contributed by atoms with van der Waals surface area (Å²) in [6, 6.07) is 14.1. The Hall–Kier alpha value is -3.26. The first-order chi connectivity index (χ1) is 16.4. The molecule has 186 valence electrons. The third kappa shape index (κ3) is 6.45. The van der Waals surface area contributed by atoms with Crippen LogP contribution < -0.4 is 10.6 Å². The molecule has 8 heteroatoms. The Morgan fingerprint density at radius 3 is 2.11 bits per heavy atom. The first kappa shape index (κ1) is 26.3. The number of carboxylic acids is 1. The average Bonchev–Trinajstić information content (AvgIpc) is 3.18. The number of benzene rings is 2. The molecule has 35 heavy (non-hydrogen) atoms. The Morgan fingerprint density at radius 2 is 1.60 bits per heavy atom. The number of nitrogens with one attached hydrogen (secondary N) is 2. The predicted molar refractivity (Wildman–Crippen MR) is 141 cm³/mol. The van der Waals surface area contributed by atoms with Crippen LogP contribution in [-0.2, 0) is 15.0 Å². The third-order valence-corrected chi connectivity index (χ3v) is 7.19. The van der Waals surface area contributed by atoms with E-state index < -0.39 is 17.4 Å². The van der Waals surface area contributed by atoms with Crippen molar-refractivity contribution < 1.29 is 19.5 Å². The van der Waals surface area contributed by atoms with Crippen LogP contribution in [0.5, 0.6) is 0 Å². The van der Waals surface area contributed by atoms with Gasteiger partial charge >= 0.3 is 5.97 Å². The van der Waals surface area contributed by atoms with E-state index in [1.54, 1.807) is 25.8 Å². The van der Waals surface area contributed by atoms with E-state index in [1.165, 1.54) is 17.3 Å². The molecular formula is C27H33N3O4S. The van der Waals surface area contributed by atoms with Crippen LogP contribution in [0.3, 0.4) is 0 Å². The van der Waals surface area contributed by atoms with Gasteiger partial charge in [0.25, 0.3) is 11.8 Å². The van der Waals surface area contributed by atoms with Crippen molar-refractivity contribution in [1.82, 2.24) is 10.2 Å². The highest BCUT2D eigenvalue weighted by molar-refractivity contribution is 8.09. The van der Waals surface area contributed by atoms with E-state index in [1.807, 2.05) is 54.7 Å². The quantitative estimate of drug-likeness (QED) is 0.512. The second-order valence-corrected chi connectivity index (χ2v) is 11.2. The van der Waals surface area contributed by atoms with Gasteiger partial charge in [-0.15, -0.1) is 0 Å². The molecule has 0 spiro atoms. The topological polar surface area (TPSA) is 98.7 Å². The number of rotatable bonds is 7. The van der Waals surface area contributed by atoms with Crippen LogP contribution in [0.2, 0.25) is 0 Å². The molecule has 3 rings (SSSR count). The monoisotopic (exact) mass is 495 g/mol. The van der Waals surface area contributed by atoms with Gasteiger partial charge in [0.15, 0.2) is 5.37 Å². The predicted octanol–water partition coefficient (Wildman–Crippen LogP) is 4.76. The van der Waals surface area contributed by atoms with E-state index in [0.29, 0.717) is 11.3 Å². The molecule has 0 aliphatic carbocycles. The van der Waals surface area contributed by atoms with Crippen LogP contribution in [0.4, 0.5) is 5.69 Å². The molecule has 0 saturated carbocycles. The van der Waals surface area contributed by atoms with Crippen LogP contribution in [0.15, 0.2) is 54.7 Å². The van der Waals surface area contributed by atoms with Gasteiger partial charge in [-0.1, -0.05) is 70.6 Å². The molecule has 2 aromatic carbocycles. The Labute approximate surface area is 211 Å². The molecule has 2 atom stereocenters. The Morgan fingerprint density at radius 1 is 1.00 bits per heavy atom. The summed E-state index contributed by atoms with van der Waals surface area (Å²) in [7, 11) is 1.79. The van der Waals surface area contributed by atoms with E-state index in [9.17, 15) is 19.5 Å². The molecule has 2 unspecified atom stereocenters. The molecule has 0 fully saturated rings. The number of thioether (sulfide) groups is 1. The molecule has 2 amide bonds. The van der Waals surface area contributed by atoms with E-state index >= 15 is 0 Å². The third-order valence-electron chi connectivity index (χ3n) is 5.82. The van der Waals surface area contributed by atoms with Crippen molar-refractivity contribution in [3.05, 3.63) is 71.4 Å². The van der Waals surface area contributed by atoms with Crippen molar-refractivity contribution in [3.63, 3.8) is 0 Å². The van der Waals surface area contributed by atoms with E-state index in [4.69, 9.17) is 0 Å². The van der Waals surface area contributed by atoms with Gasteiger partial charge in [-0.3, -0.25) is 9.59 Å². The number of hydrogen-bond donors (Lipinski definition) is 3. The molecule has 0 saturated heterocycles. The van der Waals surface area contributed by atoms with Crippen LogP contribution in [0.1, 0.15) is 56.1 Å². The fourth-order valence-electron chi connectivity index (χ4n) is 3.65. The van der Waals surface area contributed by atoms with Crippen molar-refractivity contribution in [1.29, 1.82) is 0 Å². The zero-order chi connectivity index (χ0) is 25.9. The highest BCUT2D eigenvalue weighted by Gasteiger charge is 2.33. The molecular weight excluding hydrogens is 462 g/mol. The number of amides is 2. The minimum atomic E-state index is -1.05. The Balaban J connectivity index is 1.62. The van der Waals surface area contributed by atoms with Crippen LogP contribution >= 0.6 is 11.8 Å². The maximum Gasteiger partial charge on any atom is 0.326 e. The summed E-state index contributed by atoms with van der Waals surface area (Å²) < 4.78 is 0. The van der Waals surface area contributed by atoms with Gasteiger partial charge in [0, 0.05) is 29.4 Å². The summed E-state index contributed by atoms with van der Waals surface area (Å²) in [5.41, 5.74) is 3.36. The number of anilines is 1. The fraction of sp³-hybridized carbons (Fsp3) is 0.370. The van der Waals surface area contributed by atoms with Gasteiger partial charge in [0.2, 0.25) is 0 Å². The summed E-state index contributed by atoms with van der Waals surface area (Å²) in [5, 5.41) is 14.4. The lowest BCUT2D eigenvalue weighted by molar-refractivity contribution is -0.143. The largest absolute Gasteiger partial charge is 0.480 e. The number of carbonyl (C=O) groups excluding carboxylic acids is 2. The fourth-order valence-corrected chi connectivity index (χ4v) is 4.79. The van der Waals surface area contributed by atoms with Gasteiger partial charge < -0.3 is 20.6 Å². The maximum atomic E-state index is 12.7. The first-order valence-corrected chi connectivity index (χ1v) is 12.4. The van der Waals surface area contributed by atoms with Crippen molar-refractivity contribution in [2.45, 2.75) is 51.4 Å². The summed E-state index contributed by atoms with van der Waals surface area (Å²) in [6.45, 7) is 9.91. The molecule has 3 N–H and O–H groups in total. The summed E-state index contributed by atoms with van der Waals surface area (Å²) >= 11 is 1.36. The van der Waals surface area contributed by atoms with Gasteiger partial charge in [-0.25, -0.2) is 4.79 Å². The lowest BCUT2D eigenvalue weighted by atomic mass is 9.87. The molecule has 0 bridgehead atoms. The van der Waals surface area contributed by atoms with E-state index in [0.717, 1.165) is 10.5 Å². The molecule has 1 aliphatic rings. The number of hydrogen-bond acceptors (Lipinski definition) is 5. The zero-order valence-electron chi connectivity index (χ0n) is 21.0. The van der Waals surface area contributed by atoms with E-state index in [-0.39, 0.29) is 23.1 Å². The number of carbonyl (C=O) groups is 3. The second-order valence-electron chi connectivity index (χ2n) is 10.1. The first-order valence-electron chi connectivity index (χ1n) is 11.5. The van der Waals surface area contributed by atoms with Crippen LogP contribution in [-0.4, -0.2) is 46.3 Å². The molecule has 0 aromatic heterocycles. The summed E-state index contributed by atoms with van der Waals surface area (Å²) in [4.78, 5) is 39.5. The van der Waals surface area contributed by atoms with Gasteiger partial charge in [-0.05, 0) is 46.7 Å². The van der Waals surface area contributed by atoms with Crippen molar-refractivity contribution in [3.8, 4) is 0 Å². The lowest BCUT2D eigenvalue weighted by Gasteiger charge is -2.23. The molecule has 0 radical (unpaired) electrons. The lowest BCUT2D eigenvalue weighted by Crippen LogP contribution is -2.49. The van der Waals surface area contributed by atoms with Crippen LogP contribution in [0, 0.1) is 5.92 Å². The second kappa shape index (κ2) is 10.6. The minimum Gasteiger partial charge on any atom is -0.480 e. The zero-order valence-corrected chi connectivity index (χ0v) is 21.8. The Bertz CT molecular complexity index is 1120. The number of likely N-dealkylation sites (N-methyl/N-ethyl adjacent to an activating group) is 1. The highest BCUT2D eigenvalue weighted by atomic mass is 32.2. The van der Waals surface area contributed by atoms with E-state index in [2.05, 4.69) is 31.4 Å². The van der Waals surface area contributed by atoms with Gasteiger partial charge in [-0.2, -0.15) is 0 Å². The van der Waals surface area contributed by atoms with Crippen molar-refractivity contribution in [2.24, 2.45) is 5.92 Å². The van der Waals surface area contributed by atoms with Gasteiger partial charge in [0.05, 0.1) is 0 Å². The van der Waals surface area contributed by atoms with Crippen LogP contribution in [0.25, 0.3) is 4.91 Å². The average molecular weight is 496 g/mol. The summed E-state index contributed by atoms with van der Waals surface area (Å²) in [6.07, 6.45) is 1.87. The van der Waals surface area contributed by atoms with Crippen molar-refractivity contribution in [2.75, 3.05) is 12.4 Å². The SMILES string of the molecule is CC(C)C(NC(=O)C1SC(c2ccc(NC(=O)c3ccc(C(C)(C)C)cc3)cc2)=CN1C)C(=O)O. The standard InChI is InChI=1S/C27H33N3O4S/c1-16(2)22(26(33)34)29-24(32)25-30(6)15-21(35-25)17-9-13-20(14-10-17)28-23(31)18-7-11-19(12-8-18)27(3,4)5/h7-16,22,25H,1-6H3,(H,28,31)(H,29,32)(H,33,34). The number of nitrogens with zero attached hydrogens (tertiary/aromatic N) is 1. The smallest absolute Gasteiger partial charge is 0.326 e. The number of carboxylic acid groups (broad SMARTS) is 1.